The first kappa shape index (κ1) is 13.4. The minimum Gasteiger partial charge on any atom is -0.400 e. The van der Waals surface area contributed by atoms with Gasteiger partial charge in [-0.3, -0.25) is 0 Å². The lowest BCUT2D eigenvalue weighted by atomic mass is 10.3. The molecule has 0 radical (unpaired) electrons. The number of hydrogen-bond donors (Lipinski definition) is 3. The molecule has 3 N–H and O–H groups in total. The van der Waals surface area contributed by atoms with Gasteiger partial charge in [-0.25, -0.2) is 0 Å². The molecule has 0 aromatic rings. The standard InChI is InChI=1S/C4H8O3.C2H6.CH4O/c5-3-1-7-2-4(3)6;2*1-2/h3-6H,1-2H2;1-2H3;2H,1H3. The highest BCUT2D eigenvalue weighted by Crippen LogP contribution is 2.02. The Hall–Kier alpha value is -0.160. The molecule has 2 unspecified atom stereocenters. The van der Waals surface area contributed by atoms with Gasteiger partial charge in [0, 0.05) is 7.11 Å². The molecule has 0 spiro atoms. The van der Waals surface area contributed by atoms with Crippen molar-refractivity contribution < 1.29 is 20.1 Å². The van der Waals surface area contributed by atoms with Crippen LogP contribution in [0.5, 0.6) is 0 Å². The molecule has 0 saturated carbocycles. The molecule has 2 atom stereocenters. The van der Waals surface area contributed by atoms with E-state index in [1.54, 1.807) is 0 Å². The molecule has 1 saturated heterocycles. The third kappa shape index (κ3) is 6.25. The summed E-state index contributed by atoms with van der Waals surface area (Å²) in [4.78, 5) is 0. The van der Waals surface area contributed by atoms with E-state index in [1.807, 2.05) is 13.8 Å². The SMILES string of the molecule is CC.CO.OC1COCC1O. The summed E-state index contributed by atoms with van der Waals surface area (Å²) < 4.78 is 4.67. The fourth-order valence-electron chi connectivity index (χ4n) is 0.532. The number of ether oxygens (including phenoxy) is 1. The summed E-state index contributed by atoms with van der Waals surface area (Å²) in [5.74, 6) is 0. The van der Waals surface area contributed by atoms with Crippen molar-refractivity contribution in [2.75, 3.05) is 20.3 Å². The Morgan fingerprint density at radius 1 is 1.00 bits per heavy atom. The predicted octanol–water partition coefficient (Wildman–Crippen LogP) is -0.627. The average molecular weight is 166 g/mol. The van der Waals surface area contributed by atoms with E-state index in [2.05, 4.69) is 4.74 Å². The molecule has 1 fully saturated rings. The number of rotatable bonds is 0. The van der Waals surface area contributed by atoms with Gasteiger partial charge in [-0.15, -0.1) is 0 Å². The number of hydrogen-bond acceptors (Lipinski definition) is 4. The van der Waals surface area contributed by atoms with Crippen LogP contribution < -0.4 is 0 Å². The summed E-state index contributed by atoms with van der Waals surface area (Å²) in [5, 5.41) is 24.2. The Balaban J connectivity index is 0. The maximum atomic E-state index is 8.62. The van der Waals surface area contributed by atoms with Crippen LogP contribution in [0, 0.1) is 0 Å². The minimum absolute atomic E-state index is 0.279. The maximum absolute atomic E-state index is 8.62. The quantitative estimate of drug-likeness (QED) is 0.448. The zero-order valence-electron chi connectivity index (χ0n) is 7.32. The van der Waals surface area contributed by atoms with Crippen LogP contribution in [0.4, 0.5) is 0 Å². The third-order valence-corrected chi connectivity index (χ3v) is 1.02. The van der Waals surface area contributed by atoms with Gasteiger partial charge in [0.05, 0.1) is 13.2 Å². The van der Waals surface area contributed by atoms with E-state index in [-0.39, 0.29) is 13.2 Å². The smallest absolute Gasteiger partial charge is 0.105 e. The van der Waals surface area contributed by atoms with Crippen LogP contribution >= 0.6 is 0 Å². The summed E-state index contributed by atoms with van der Waals surface area (Å²) in [7, 11) is 1.00. The summed E-state index contributed by atoms with van der Waals surface area (Å²) in [6, 6.07) is 0. The van der Waals surface area contributed by atoms with Gasteiger partial charge in [0.1, 0.15) is 12.2 Å². The second-order valence-corrected chi connectivity index (χ2v) is 1.67. The molecule has 0 aromatic carbocycles. The molecular formula is C7H18O4. The summed E-state index contributed by atoms with van der Waals surface area (Å²) >= 11 is 0. The molecule has 0 bridgehead atoms. The summed E-state index contributed by atoms with van der Waals surface area (Å²) in [6.45, 7) is 4.56. The van der Waals surface area contributed by atoms with Crippen LogP contribution in [0.25, 0.3) is 0 Å². The van der Waals surface area contributed by atoms with Crippen LogP contribution in [0.1, 0.15) is 13.8 Å². The van der Waals surface area contributed by atoms with E-state index in [4.69, 9.17) is 15.3 Å². The normalized spacial score (nSPS) is 27.8. The first-order valence-electron chi connectivity index (χ1n) is 3.69. The van der Waals surface area contributed by atoms with Gasteiger partial charge in [-0.05, 0) is 0 Å². The average Bonchev–Trinajstić information content (AvgIpc) is 2.44. The van der Waals surface area contributed by atoms with Crippen molar-refractivity contribution in [2.24, 2.45) is 0 Å². The summed E-state index contributed by atoms with van der Waals surface area (Å²) in [6.07, 6.45) is -1.31. The third-order valence-electron chi connectivity index (χ3n) is 1.02. The molecule has 1 aliphatic heterocycles. The largest absolute Gasteiger partial charge is 0.400 e. The van der Waals surface area contributed by atoms with Crippen LogP contribution in [0.15, 0.2) is 0 Å². The van der Waals surface area contributed by atoms with Crippen molar-refractivity contribution in [1.82, 2.24) is 0 Å². The molecule has 0 aliphatic carbocycles. The topological polar surface area (TPSA) is 69.9 Å². The van der Waals surface area contributed by atoms with Gasteiger partial charge >= 0.3 is 0 Å². The molecule has 4 heteroatoms. The van der Waals surface area contributed by atoms with Crippen molar-refractivity contribution in [3.8, 4) is 0 Å². The molecule has 1 rings (SSSR count). The highest BCUT2D eigenvalue weighted by Gasteiger charge is 2.22. The molecule has 0 aromatic heterocycles. The Kier molecular flexibility index (Phi) is 12.0. The van der Waals surface area contributed by atoms with Crippen LogP contribution in [-0.2, 0) is 4.74 Å². The zero-order chi connectivity index (χ0) is 9.28. The Morgan fingerprint density at radius 3 is 1.36 bits per heavy atom. The fraction of sp³-hybridized carbons (Fsp3) is 1.00. The van der Waals surface area contributed by atoms with Gasteiger partial charge in [-0.2, -0.15) is 0 Å². The van der Waals surface area contributed by atoms with Crippen LogP contribution in [-0.4, -0.2) is 47.9 Å². The predicted molar refractivity (Wildman–Crippen MR) is 42.3 cm³/mol. The first-order valence-corrected chi connectivity index (χ1v) is 3.69. The van der Waals surface area contributed by atoms with Crippen molar-refractivity contribution in [1.29, 1.82) is 0 Å². The van der Waals surface area contributed by atoms with Gasteiger partial charge in [0.25, 0.3) is 0 Å². The fourth-order valence-corrected chi connectivity index (χ4v) is 0.532. The Labute approximate surface area is 67.4 Å². The molecule has 4 nitrogen and oxygen atoms in total. The van der Waals surface area contributed by atoms with E-state index in [1.165, 1.54) is 0 Å². The minimum atomic E-state index is -0.653. The monoisotopic (exact) mass is 166 g/mol. The highest BCUT2D eigenvalue weighted by atomic mass is 16.5. The second-order valence-electron chi connectivity index (χ2n) is 1.67. The van der Waals surface area contributed by atoms with E-state index in [9.17, 15) is 0 Å². The van der Waals surface area contributed by atoms with Gasteiger partial charge in [0.2, 0.25) is 0 Å². The van der Waals surface area contributed by atoms with Crippen molar-refractivity contribution in [2.45, 2.75) is 26.1 Å². The van der Waals surface area contributed by atoms with Gasteiger partial charge in [-0.1, -0.05) is 13.8 Å². The Morgan fingerprint density at radius 2 is 1.27 bits per heavy atom. The molecule has 1 aliphatic rings. The van der Waals surface area contributed by atoms with Crippen molar-refractivity contribution >= 4 is 0 Å². The van der Waals surface area contributed by atoms with Crippen LogP contribution in [0.2, 0.25) is 0 Å². The lowest BCUT2D eigenvalue weighted by Crippen LogP contribution is -2.22. The molecular weight excluding hydrogens is 148 g/mol. The Bertz CT molecular complexity index is 59.5. The lowest BCUT2D eigenvalue weighted by molar-refractivity contribution is 0.0572. The molecule has 70 valence electrons. The van der Waals surface area contributed by atoms with E-state index >= 15 is 0 Å². The van der Waals surface area contributed by atoms with E-state index < -0.39 is 12.2 Å². The highest BCUT2D eigenvalue weighted by molar-refractivity contribution is 4.71. The number of aliphatic hydroxyl groups is 3. The first-order chi connectivity index (χ1) is 5.30. The van der Waals surface area contributed by atoms with E-state index in [0.717, 1.165) is 7.11 Å². The molecule has 11 heavy (non-hydrogen) atoms. The summed E-state index contributed by atoms with van der Waals surface area (Å²) in [5.41, 5.74) is 0. The van der Waals surface area contributed by atoms with Gasteiger partial charge in [0.15, 0.2) is 0 Å². The van der Waals surface area contributed by atoms with Gasteiger partial charge < -0.3 is 20.1 Å². The van der Waals surface area contributed by atoms with E-state index in [0.29, 0.717) is 0 Å². The van der Waals surface area contributed by atoms with Crippen LogP contribution in [0.3, 0.4) is 0 Å². The number of aliphatic hydroxyl groups excluding tert-OH is 3. The maximum Gasteiger partial charge on any atom is 0.105 e. The van der Waals surface area contributed by atoms with Crippen molar-refractivity contribution in [3.05, 3.63) is 0 Å². The lowest BCUT2D eigenvalue weighted by Gasteiger charge is -2.00. The molecule has 0 amide bonds. The van der Waals surface area contributed by atoms with Crippen molar-refractivity contribution in [3.63, 3.8) is 0 Å². The molecule has 1 heterocycles. The second kappa shape index (κ2) is 9.84. The zero-order valence-corrected chi connectivity index (χ0v) is 7.32.